The third-order valence-electron chi connectivity index (χ3n) is 3.13. The van der Waals surface area contributed by atoms with Gasteiger partial charge in [-0.05, 0) is 18.2 Å². The molecule has 2 aliphatic heterocycles. The second-order valence-electron chi connectivity index (χ2n) is 4.33. The van der Waals surface area contributed by atoms with Crippen LogP contribution in [0.5, 0.6) is 11.5 Å². The van der Waals surface area contributed by atoms with Crippen molar-refractivity contribution in [3.63, 3.8) is 0 Å². The van der Waals surface area contributed by atoms with Crippen LogP contribution in [0.4, 0.5) is 5.82 Å². The van der Waals surface area contributed by atoms with E-state index in [1.54, 1.807) is 11.3 Å². The summed E-state index contributed by atoms with van der Waals surface area (Å²) in [7, 11) is 0. The smallest absolute Gasteiger partial charge is 0.162 e. The van der Waals surface area contributed by atoms with Crippen molar-refractivity contribution in [3.05, 3.63) is 23.1 Å². The molecule has 92 valence electrons. The van der Waals surface area contributed by atoms with Gasteiger partial charge < -0.3 is 14.8 Å². The topological polar surface area (TPSA) is 43.4 Å². The molecule has 0 radical (unpaired) electrons. The molecule has 4 rings (SSSR count). The molecule has 0 fully saturated rings. The molecule has 2 aromatic rings. The molecule has 3 heterocycles. The van der Waals surface area contributed by atoms with Crippen LogP contribution < -0.4 is 14.8 Å². The number of ether oxygens (including phenoxy) is 2. The number of anilines is 1. The fraction of sp³-hybridized carbons (Fsp3) is 0.308. The molecule has 1 N–H and O–H groups in total. The fourth-order valence-corrected chi connectivity index (χ4v) is 3.29. The van der Waals surface area contributed by atoms with Gasteiger partial charge in [-0.2, -0.15) is 0 Å². The number of benzene rings is 1. The minimum absolute atomic E-state index is 0.617. The molecule has 0 bridgehead atoms. The maximum absolute atomic E-state index is 5.60. The molecule has 4 nitrogen and oxygen atoms in total. The van der Waals surface area contributed by atoms with Crippen molar-refractivity contribution < 1.29 is 9.47 Å². The second kappa shape index (κ2) is 3.88. The number of fused-ring (bicyclic) bond motifs is 2. The number of nitrogens with one attached hydrogen (secondary N) is 1. The predicted molar refractivity (Wildman–Crippen MR) is 70.7 cm³/mol. The molecule has 0 aliphatic carbocycles. The van der Waals surface area contributed by atoms with Crippen molar-refractivity contribution in [1.29, 1.82) is 0 Å². The lowest BCUT2D eigenvalue weighted by Gasteiger charge is -2.18. The highest BCUT2D eigenvalue weighted by Crippen LogP contribution is 2.38. The van der Waals surface area contributed by atoms with E-state index >= 15 is 0 Å². The second-order valence-corrected chi connectivity index (χ2v) is 5.41. The number of aromatic nitrogens is 1. The first-order valence-electron chi connectivity index (χ1n) is 6.04. The molecular weight excluding hydrogens is 248 g/mol. The Morgan fingerprint density at radius 3 is 2.94 bits per heavy atom. The summed E-state index contributed by atoms with van der Waals surface area (Å²) in [6.07, 6.45) is 1.08. The van der Waals surface area contributed by atoms with Gasteiger partial charge in [0.1, 0.15) is 24.0 Å². The Morgan fingerprint density at radius 2 is 2.06 bits per heavy atom. The van der Waals surface area contributed by atoms with Crippen LogP contribution in [0.1, 0.15) is 4.88 Å². The van der Waals surface area contributed by atoms with E-state index in [0.29, 0.717) is 13.2 Å². The first-order chi connectivity index (χ1) is 8.90. The van der Waals surface area contributed by atoms with Crippen molar-refractivity contribution >= 4 is 17.2 Å². The van der Waals surface area contributed by atoms with Gasteiger partial charge in [-0.15, -0.1) is 11.3 Å². The molecule has 2 aliphatic rings. The van der Waals surface area contributed by atoms with E-state index in [0.717, 1.165) is 40.9 Å². The molecular formula is C13H12N2O2S. The summed E-state index contributed by atoms with van der Waals surface area (Å²) in [5, 5.41) is 4.34. The van der Waals surface area contributed by atoms with Crippen molar-refractivity contribution in [2.24, 2.45) is 0 Å². The molecule has 0 saturated heterocycles. The van der Waals surface area contributed by atoms with E-state index in [2.05, 4.69) is 10.3 Å². The van der Waals surface area contributed by atoms with E-state index in [-0.39, 0.29) is 0 Å². The number of hydrogen-bond acceptors (Lipinski definition) is 5. The van der Waals surface area contributed by atoms with Gasteiger partial charge in [0, 0.05) is 18.5 Å². The van der Waals surface area contributed by atoms with Gasteiger partial charge in [-0.3, -0.25) is 0 Å². The summed E-state index contributed by atoms with van der Waals surface area (Å²) in [5.41, 5.74) is 1.10. The van der Waals surface area contributed by atoms with E-state index in [1.807, 2.05) is 18.2 Å². The van der Waals surface area contributed by atoms with E-state index in [1.165, 1.54) is 4.88 Å². The number of nitrogens with zero attached hydrogens (tertiary/aromatic N) is 1. The van der Waals surface area contributed by atoms with Crippen LogP contribution in [0.3, 0.4) is 0 Å². The Morgan fingerprint density at radius 1 is 1.17 bits per heavy atom. The van der Waals surface area contributed by atoms with E-state index in [9.17, 15) is 0 Å². The minimum Gasteiger partial charge on any atom is -0.486 e. The Kier molecular flexibility index (Phi) is 2.20. The van der Waals surface area contributed by atoms with Crippen molar-refractivity contribution in [2.75, 3.05) is 25.1 Å². The monoisotopic (exact) mass is 260 g/mol. The zero-order valence-corrected chi connectivity index (χ0v) is 10.5. The van der Waals surface area contributed by atoms with Gasteiger partial charge in [0.25, 0.3) is 0 Å². The average molecular weight is 260 g/mol. The van der Waals surface area contributed by atoms with Crippen LogP contribution in [0.15, 0.2) is 18.2 Å². The number of hydrogen-bond donors (Lipinski definition) is 1. The summed E-state index contributed by atoms with van der Waals surface area (Å²) in [4.78, 5) is 5.97. The number of rotatable bonds is 1. The Labute approximate surface area is 109 Å². The van der Waals surface area contributed by atoms with Crippen LogP contribution in [0.25, 0.3) is 10.6 Å². The minimum atomic E-state index is 0.617. The predicted octanol–water partition coefficient (Wildman–Crippen LogP) is 2.55. The van der Waals surface area contributed by atoms with Gasteiger partial charge in [-0.1, -0.05) is 0 Å². The normalized spacial score (nSPS) is 16.2. The zero-order valence-electron chi connectivity index (χ0n) is 9.73. The zero-order chi connectivity index (χ0) is 11.9. The summed E-state index contributed by atoms with van der Waals surface area (Å²) >= 11 is 1.76. The van der Waals surface area contributed by atoms with Crippen LogP contribution in [-0.4, -0.2) is 24.7 Å². The molecule has 0 saturated carbocycles. The maximum atomic E-state index is 5.60. The van der Waals surface area contributed by atoms with Gasteiger partial charge in [0.05, 0.1) is 4.88 Å². The molecule has 5 heteroatoms. The standard InChI is InChI=1S/C13H12N2O2S/c1-2-9-10(17-6-5-16-9)7-8(1)13-15-12-11(18-13)3-4-14-12/h1-2,7,14H,3-6H2. The van der Waals surface area contributed by atoms with Crippen molar-refractivity contribution in [1.82, 2.24) is 4.98 Å². The lowest BCUT2D eigenvalue weighted by Crippen LogP contribution is -2.15. The van der Waals surface area contributed by atoms with E-state index < -0.39 is 0 Å². The van der Waals surface area contributed by atoms with E-state index in [4.69, 9.17) is 9.47 Å². The molecule has 1 aromatic heterocycles. The average Bonchev–Trinajstić information content (AvgIpc) is 2.99. The third-order valence-corrected chi connectivity index (χ3v) is 4.30. The van der Waals surface area contributed by atoms with Gasteiger partial charge in [-0.25, -0.2) is 4.98 Å². The van der Waals surface area contributed by atoms with Gasteiger partial charge >= 0.3 is 0 Å². The van der Waals surface area contributed by atoms with Crippen LogP contribution >= 0.6 is 11.3 Å². The van der Waals surface area contributed by atoms with Crippen molar-refractivity contribution in [2.45, 2.75) is 6.42 Å². The fourth-order valence-electron chi connectivity index (χ4n) is 2.25. The highest BCUT2D eigenvalue weighted by molar-refractivity contribution is 7.15. The Hall–Kier alpha value is -1.75. The molecule has 18 heavy (non-hydrogen) atoms. The Bertz CT molecular complexity index is 588. The summed E-state index contributed by atoms with van der Waals surface area (Å²) in [6.45, 7) is 2.25. The van der Waals surface area contributed by atoms with Crippen LogP contribution in [-0.2, 0) is 6.42 Å². The first kappa shape index (κ1) is 10.2. The lowest BCUT2D eigenvalue weighted by molar-refractivity contribution is 0.171. The maximum Gasteiger partial charge on any atom is 0.162 e. The quantitative estimate of drug-likeness (QED) is 0.855. The lowest BCUT2D eigenvalue weighted by atomic mass is 10.2. The summed E-state index contributed by atoms with van der Waals surface area (Å²) < 4.78 is 11.1. The SMILES string of the molecule is c1cc2c(cc1-c1nc3c(s1)CCN3)OCCO2. The van der Waals surface area contributed by atoms with Gasteiger partial charge in [0.2, 0.25) is 0 Å². The summed E-state index contributed by atoms with van der Waals surface area (Å²) in [6, 6.07) is 6.02. The van der Waals surface area contributed by atoms with Crippen molar-refractivity contribution in [3.8, 4) is 22.1 Å². The molecule has 0 spiro atoms. The third kappa shape index (κ3) is 1.54. The molecule has 0 amide bonds. The highest BCUT2D eigenvalue weighted by atomic mass is 32.1. The summed E-state index contributed by atoms with van der Waals surface area (Å²) in [5.74, 6) is 2.69. The largest absolute Gasteiger partial charge is 0.486 e. The molecule has 1 aromatic carbocycles. The van der Waals surface area contributed by atoms with Gasteiger partial charge in [0.15, 0.2) is 11.5 Å². The highest BCUT2D eigenvalue weighted by Gasteiger charge is 2.18. The number of thiazole rings is 1. The van der Waals surface area contributed by atoms with Crippen LogP contribution in [0.2, 0.25) is 0 Å². The first-order valence-corrected chi connectivity index (χ1v) is 6.85. The molecule has 0 atom stereocenters. The van der Waals surface area contributed by atoms with Crippen LogP contribution in [0, 0.1) is 0 Å². The Balaban J connectivity index is 1.75. The molecule has 0 unspecified atom stereocenters.